The third-order valence-corrected chi connectivity index (χ3v) is 3.25. The van der Waals surface area contributed by atoms with E-state index >= 15 is 0 Å². The van der Waals surface area contributed by atoms with E-state index in [1.54, 1.807) is 0 Å². The van der Waals surface area contributed by atoms with E-state index in [2.05, 4.69) is 19.2 Å². The summed E-state index contributed by atoms with van der Waals surface area (Å²) in [5.74, 6) is 0. The molecule has 0 aromatic heterocycles. The van der Waals surface area contributed by atoms with E-state index in [0.717, 1.165) is 32.9 Å². The maximum Gasteiger partial charge on any atom is 0.0779 e. The Morgan fingerprint density at radius 2 is 2.00 bits per heavy atom. The lowest BCUT2D eigenvalue weighted by Gasteiger charge is -2.39. The second kappa shape index (κ2) is 3.80. The summed E-state index contributed by atoms with van der Waals surface area (Å²) in [6.45, 7) is 9.22. The van der Waals surface area contributed by atoms with Crippen LogP contribution >= 0.6 is 0 Å². The molecule has 0 aromatic rings. The Kier molecular flexibility index (Phi) is 2.82. The minimum atomic E-state index is 0.0843. The third kappa shape index (κ3) is 2.27. The summed E-state index contributed by atoms with van der Waals surface area (Å²) in [7, 11) is 0. The number of hydrogen-bond acceptors (Lipinski definition) is 3. The largest absolute Gasteiger partial charge is 0.380 e. The van der Waals surface area contributed by atoms with Crippen molar-refractivity contribution in [3.05, 3.63) is 0 Å². The first-order valence-corrected chi connectivity index (χ1v) is 5.55. The highest BCUT2D eigenvalue weighted by molar-refractivity contribution is 4.87. The average Bonchev–Trinajstić information content (AvgIpc) is 2.50. The van der Waals surface area contributed by atoms with Crippen LogP contribution in [0.1, 0.15) is 26.7 Å². The topological polar surface area (TPSA) is 30.5 Å². The van der Waals surface area contributed by atoms with Gasteiger partial charge in [0.05, 0.1) is 18.8 Å². The average molecular weight is 199 g/mol. The van der Waals surface area contributed by atoms with Crippen LogP contribution in [0.25, 0.3) is 0 Å². The predicted octanol–water partition coefficient (Wildman–Crippen LogP) is 1.18. The molecule has 2 aliphatic rings. The highest BCUT2D eigenvalue weighted by Gasteiger charge is 2.34. The summed E-state index contributed by atoms with van der Waals surface area (Å²) < 4.78 is 10.9. The zero-order valence-corrected chi connectivity index (χ0v) is 9.27. The van der Waals surface area contributed by atoms with Crippen LogP contribution < -0.4 is 5.32 Å². The molecule has 2 fully saturated rings. The third-order valence-electron chi connectivity index (χ3n) is 3.25. The Morgan fingerprint density at radius 1 is 1.21 bits per heavy atom. The zero-order chi connectivity index (χ0) is 10.1. The Hall–Kier alpha value is -0.120. The van der Waals surface area contributed by atoms with E-state index in [0.29, 0.717) is 5.41 Å². The van der Waals surface area contributed by atoms with Crippen molar-refractivity contribution >= 4 is 0 Å². The molecule has 0 saturated carbocycles. The molecule has 1 unspecified atom stereocenters. The van der Waals surface area contributed by atoms with Gasteiger partial charge in [-0.05, 0) is 19.8 Å². The molecule has 0 spiro atoms. The Labute approximate surface area is 86.2 Å². The van der Waals surface area contributed by atoms with Crippen molar-refractivity contribution < 1.29 is 9.47 Å². The lowest BCUT2D eigenvalue weighted by molar-refractivity contribution is -0.101. The Balaban J connectivity index is 1.67. The van der Waals surface area contributed by atoms with Crippen LogP contribution in [0.2, 0.25) is 0 Å². The predicted molar refractivity (Wildman–Crippen MR) is 55.4 cm³/mol. The highest BCUT2D eigenvalue weighted by atomic mass is 16.5. The lowest BCUT2D eigenvalue weighted by atomic mass is 9.88. The van der Waals surface area contributed by atoms with E-state index in [1.807, 2.05) is 0 Å². The summed E-state index contributed by atoms with van der Waals surface area (Å²) in [5, 5.41) is 3.51. The number of rotatable bonds is 4. The molecular formula is C11H21NO2. The molecule has 0 amide bonds. The SMILES string of the molecule is CC1(CNCC2(C)CCCO2)COC1. The molecule has 2 aliphatic heterocycles. The van der Waals surface area contributed by atoms with E-state index in [-0.39, 0.29) is 5.60 Å². The summed E-state index contributed by atoms with van der Waals surface area (Å²) in [6, 6.07) is 0. The van der Waals surface area contributed by atoms with E-state index in [9.17, 15) is 0 Å². The van der Waals surface area contributed by atoms with Crippen LogP contribution in [-0.2, 0) is 9.47 Å². The first-order chi connectivity index (χ1) is 6.62. The molecule has 0 aliphatic carbocycles. The summed E-state index contributed by atoms with van der Waals surface area (Å²) >= 11 is 0. The van der Waals surface area contributed by atoms with Gasteiger partial charge < -0.3 is 14.8 Å². The second-order valence-corrected chi connectivity index (χ2v) is 5.31. The fourth-order valence-corrected chi connectivity index (χ4v) is 2.16. The van der Waals surface area contributed by atoms with Gasteiger partial charge in [-0.3, -0.25) is 0 Å². The van der Waals surface area contributed by atoms with Crippen molar-refractivity contribution in [2.75, 3.05) is 32.9 Å². The summed E-state index contributed by atoms with van der Waals surface area (Å²) in [5.41, 5.74) is 0.454. The summed E-state index contributed by atoms with van der Waals surface area (Å²) in [6.07, 6.45) is 2.39. The molecule has 1 atom stereocenters. The van der Waals surface area contributed by atoms with E-state index in [4.69, 9.17) is 9.47 Å². The Morgan fingerprint density at radius 3 is 2.50 bits per heavy atom. The second-order valence-electron chi connectivity index (χ2n) is 5.31. The summed E-state index contributed by atoms with van der Waals surface area (Å²) in [4.78, 5) is 0. The fourth-order valence-electron chi connectivity index (χ4n) is 2.16. The molecule has 2 rings (SSSR count). The van der Waals surface area contributed by atoms with Crippen LogP contribution in [0.3, 0.4) is 0 Å². The van der Waals surface area contributed by atoms with Gasteiger partial charge in [-0.15, -0.1) is 0 Å². The van der Waals surface area contributed by atoms with Gasteiger partial charge in [0.2, 0.25) is 0 Å². The zero-order valence-electron chi connectivity index (χ0n) is 9.27. The normalized spacial score (nSPS) is 35.6. The molecule has 3 nitrogen and oxygen atoms in total. The number of nitrogens with one attached hydrogen (secondary N) is 1. The Bertz CT molecular complexity index is 195. The molecule has 3 heteroatoms. The lowest BCUT2D eigenvalue weighted by Crippen LogP contribution is -2.50. The monoisotopic (exact) mass is 199 g/mol. The van der Waals surface area contributed by atoms with Crippen LogP contribution in [0.5, 0.6) is 0 Å². The molecule has 14 heavy (non-hydrogen) atoms. The minimum Gasteiger partial charge on any atom is -0.380 e. The van der Waals surface area contributed by atoms with Crippen LogP contribution in [0.4, 0.5) is 0 Å². The van der Waals surface area contributed by atoms with Crippen molar-refractivity contribution in [1.29, 1.82) is 0 Å². The van der Waals surface area contributed by atoms with Crippen LogP contribution in [0, 0.1) is 5.41 Å². The quantitative estimate of drug-likeness (QED) is 0.737. The van der Waals surface area contributed by atoms with Gasteiger partial charge in [0.15, 0.2) is 0 Å². The van der Waals surface area contributed by atoms with Crippen molar-refractivity contribution in [1.82, 2.24) is 5.32 Å². The van der Waals surface area contributed by atoms with Crippen molar-refractivity contribution in [2.45, 2.75) is 32.3 Å². The van der Waals surface area contributed by atoms with Gasteiger partial charge in [-0.25, -0.2) is 0 Å². The van der Waals surface area contributed by atoms with Gasteiger partial charge >= 0.3 is 0 Å². The molecule has 0 bridgehead atoms. The van der Waals surface area contributed by atoms with Gasteiger partial charge in [0.1, 0.15) is 0 Å². The van der Waals surface area contributed by atoms with Gasteiger partial charge in [-0.1, -0.05) is 6.92 Å². The van der Waals surface area contributed by atoms with Crippen molar-refractivity contribution in [3.8, 4) is 0 Å². The van der Waals surface area contributed by atoms with Gasteiger partial charge in [-0.2, -0.15) is 0 Å². The molecule has 0 radical (unpaired) electrons. The van der Waals surface area contributed by atoms with Crippen molar-refractivity contribution in [2.24, 2.45) is 5.41 Å². The first kappa shape index (κ1) is 10.4. The fraction of sp³-hybridized carbons (Fsp3) is 1.00. The van der Waals surface area contributed by atoms with Crippen LogP contribution in [0.15, 0.2) is 0 Å². The van der Waals surface area contributed by atoms with E-state index < -0.39 is 0 Å². The standard InChI is InChI=1S/C11H21NO2/c1-10(8-13-9-10)6-12-7-11(2)4-3-5-14-11/h12H,3-9H2,1-2H3. The maximum absolute atomic E-state index is 5.71. The molecule has 82 valence electrons. The number of hydrogen-bond donors (Lipinski definition) is 1. The van der Waals surface area contributed by atoms with Crippen LogP contribution in [-0.4, -0.2) is 38.5 Å². The van der Waals surface area contributed by atoms with Gasteiger partial charge in [0.25, 0.3) is 0 Å². The highest BCUT2D eigenvalue weighted by Crippen LogP contribution is 2.27. The van der Waals surface area contributed by atoms with E-state index in [1.165, 1.54) is 12.8 Å². The first-order valence-electron chi connectivity index (χ1n) is 5.55. The number of ether oxygens (including phenoxy) is 2. The van der Waals surface area contributed by atoms with Gasteiger partial charge in [0, 0.05) is 25.1 Å². The molecule has 0 aromatic carbocycles. The molecular weight excluding hydrogens is 178 g/mol. The minimum absolute atomic E-state index is 0.0843. The molecule has 1 N–H and O–H groups in total. The smallest absolute Gasteiger partial charge is 0.0779 e. The molecule has 2 saturated heterocycles. The molecule has 2 heterocycles. The maximum atomic E-state index is 5.71. The van der Waals surface area contributed by atoms with Crippen molar-refractivity contribution in [3.63, 3.8) is 0 Å².